The van der Waals surface area contributed by atoms with Crippen LogP contribution in [-0.4, -0.2) is 41.4 Å². The maximum Gasteiger partial charge on any atom is 0.323 e. The summed E-state index contributed by atoms with van der Waals surface area (Å²) in [5.74, 6) is -3.96. The first kappa shape index (κ1) is 17.5. The van der Waals surface area contributed by atoms with Gasteiger partial charge in [-0.05, 0) is 6.07 Å². The van der Waals surface area contributed by atoms with Crippen molar-refractivity contribution in [2.24, 2.45) is 0 Å². The molecule has 1 unspecified atom stereocenters. The molecule has 0 saturated heterocycles. The van der Waals surface area contributed by atoms with Crippen LogP contribution >= 0.6 is 0 Å². The van der Waals surface area contributed by atoms with Crippen LogP contribution in [0.2, 0.25) is 0 Å². The standard InChI is InChI=1S/C14H16F2N2O4/c1-8(19)17-12(6-13(20)18(2)7-14(21)22)10-4-3-9(15)5-11(10)16/h3-5,12H,6-7H2,1-2H3,(H,17,19)(H,21,22). The lowest BCUT2D eigenvalue weighted by molar-refractivity contribution is -0.143. The van der Waals surface area contributed by atoms with E-state index >= 15 is 0 Å². The van der Waals surface area contributed by atoms with Crippen molar-refractivity contribution in [3.63, 3.8) is 0 Å². The first-order valence-corrected chi connectivity index (χ1v) is 6.38. The number of carboxylic acids is 1. The van der Waals surface area contributed by atoms with Crippen LogP contribution in [0, 0.1) is 11.6 Å². The van der Waals surface area contributed by atoms with E-state index in [9.17, 15) is 23.2 Å². The summed E-state index contributed by atoms with van der Waals surface area (Å²) in [7, 11) is 1.28. The van der Waals surface area contributed by atoms with Crippen LogP contribution in [0.1, 0.15) is 24.9 Å². The van der Waals surface area contributed by atoms with Crippen molar-refractivity contribution in [1.29, 1.82) is 0 Å². The summed E-state index contributed by atoms with van der Waals surface area (Å²) in [6.07, 6.45) is -0.341. The molecule has 22 heavy (non-hydrogen) atoms. The van der Waals surface area contributed by atoms with Crippen molar-refractivity contribution >= 4 is 17.8 Å². The minimum Gasteiger partial charge on any atom is -0.480 e. The molecule has 0 aliphatic carbocycles. The Morgan fingerprint density at radius 1 is 1.32 bits per heavy atom. The van der Waals surface area contributed by atoms with E-state index < -0.39 is 42.0 Å². The number of carboxylic acid groups (broad SMARTS) is 1. The van der Waals surface area contributed by atoms with E-state index in [2.05, 4.69) is 5.32 Å². The van der Waals surface area contributed by atoms with Crippen molar-refractivity contribution in [2.45, 2.75) is 19.4 Å². The fourth-order valence-corrected chi connectivity index (χ4v) is 1.89. The molecule has 120 valence electrons. The van der Waals surface area contributed by atoms with Gasteiger partial charge < -0.3 is 15.3 Å². The Hall–Kier alpha value is -2.51. The van der Waals surface area contributed by atoms with E-state index in [-0.39, 0.29) is 12.0 Å². The van der Waals surface area contributed by atoms with Gasteiger partial charge in [-0.25, -0.2) is 8.78 Å². The van der Waals surface area contributed by atoms with Gasteiger partial charge in [0.05, 0.1) is 12.5 Å². The third kappa shape index (κ3) is 5.12. The first-order chi connectivity index (χ1) is 10.2. The van der Waals surface area contributed by atoms with Gasteiger partial charge in [-0.1, -0.05) is 6.07 Å². The molecule has 0 saturated carbocycles. The number of hydrogen-bond donors (Lipinski definition) is 2. The molecule has 1 aromatic rings. The van der Waals surface area contributed by atoms with Gasteiger partial charge in [0.1, 0.15) is 18.2 Å². The number of carbonyl (C=O) groups is 3. The number of amides is 2. The monoisotopic (exact) mass is 314 g/mol. The molecule has 0 aromatic heterocycles. The first-order valence-electron chi connectivity index (χ1n) is 6.38. The Labute approximate surface area is 125 Å². The van der Waals surface area contributed by atoms with Crippen LogP contribution in [0.3, 0.4) is 0 Å². The van der Waals surface area contributed by atoms with Crippen molar-refractivity contribution in [1.82, 2.24) is 10.2 Å². The van der Waals surface area contributed by atoms with Crippen molar-refractivity contribution < 1.29 is 28.3 Å². The van der Waals surface area contributed by atoms with Crippen LogP contribution in [-0.2, 0) is 14.4 Å². The Kier molecular flexibility index (Phi) is 5.97. The lowest BCUT2D eigenvalue weighted by Gasteiger charge is -2.22. The fourth-order valence-electron chi connectivity index (χ4n) is 1.89. The third-order valence-electron chi connectivity index (χ3n) is 2.89. The number of nitrogens with one attached hydrogen (secondary N) is 1. The Bertz CT molecular complexity index is 592. The minimum atomic E-state index is -1.19. The largest absolute Gasteiger partial charge is 0.480 e. The molecule has 1 aromatic carbocycles. The molecule has 8 heteroatoms. The van der Waals surface area contributed by atoms with Gasteiger partial charge in [-0.2, -0.15) is 0 Å². The minimum absolute atomic E-state index is 0.0475. The maximum absolute atomic E-state index is 13.8. The molecule has 0 heterocycles. The molecule has 0 aliphatic heterocycles. The van der Waals surface area contributed by atoms with E-state index in [1.54, 1.807) is 0 Å². The highest BCUT2D eigenvalue weighted by atomic mass is 19.1. The van der Waals surface area contributed by atoms with Gasteiger partial charge in [-0.15, -0.1) is 0 Å². The molecule has 0 fully saturated rings. The van der Waals surface area contributed by atoms with Crippen LogP contribution < -0.4 is 5.32 Å². The predicted molar refractivity (Wildman–Crippen MR) is 72.8 cm³/mol. The SMILES string of the molecule is CC(=O)NC(CC(=O)N(C)CC(=O)O)c1ccc(F)cc1F. The lowest BCUT2D eigenvalue weighted by atomic mass is 10.0. The van der Waals surface area contributed by atoms with Crippen LogP contribution in [0.5, 0.6) is 0 Å². The number of halogens is 2. The molecular weight excluding hydrogens is 298 g/mol. The average Bonchev–Trinajstić information content (AvgIpc) is 2.36. The lowest BCUT2D eigenvalue weighted by Crippen LogP contribution is -2.36. The molecule has 0 spiro atoms. The smallest absolute Gasteiger partial charge is 0.323 e. The summed E-state index contributed by atoms with van der Waals surface area (Å²) in [4.78, 5) is 34.7. The number of aliphatic carboxylic acids is 1. The number of nitrogens with zero attached hydrogens (tertiary/aromatic N) is 1. The highest BCUT2D eigenvalue weighted by molar-refractivity contribution is 5.82. The van der Waals surface area contributed by atoms with Gasteiger partial charge in [0, 0.05) is 25.6 Å². The van der Waals surface area contributed by atoms with Gasteiger partial charge in [0.15, 0.2) is 0 Å². The molecule has 0 bridgehead atoms. The van der Waals surface area contributed by atoms with Crippen LogP contribution in [0.4, 0.5) is 8.78 Å². The van der Waals surface area contributed by atoms with E-state index in [0.717, 1.165) is 17.0 Å². The normalized spacial score (nSPS) is 11.6. The second-order valence-corrected chi connectivity index (χ2v) is 4.77. The summed E-state index contributed by atoms with van der Waals surface area (Å²) >= 11 is 0. The molecule has 0 radical (unpaired) electrons. The topological polar surface area (TPSA) is 86.7 Å². The molecule has 1 rings (SSSR count). The van der Waals surface area contributed by atoms with Crippen LogP contribution in [0.15, 0.2) is 18.2 Å². The summed E-state index contributed by atoms with van der Waals surface area (Å²) in [6, 6.07) is 1.78. The zero-order valence-electron chi connectivity index (χ0n) is 12.1. The third-order valence-corrected chi connectivity index (χ3v) is 2.89. The number of rotatable bonds is 6. The highest BCUT2D eigenvalue weighted by Crippen LogP contribution is 2.22. The van der Waals surface area contributed by atoms with Crippen molar-refractivity contribution in [2.75, 3.05) is 13.6 Å². The molecule has 6 nitrogen and oxygen atoms in total. The number of carbonyl (C=O) groups excluding carboxylic acids is 2. The molecule has 0 aliphatic rings. The summed E-state index contributed by atoms with van der Waals surface area (Å²) in [5.41, 5.74) is -0.0475. The summed E-state index contributed by atoms with van der Waals surface area (Å²) in [5, 5.41) is 11.0. The summed E-state index contributed by atoms with van der Waals surface area (Å²) in [6.45, 7) is 0.678. The number of likely N-dealkylation sites (N-methyl/N-ethyl adjacent to an activating group) is 1. The Balaban J connectivity index is 2.96. The van der Waals surface area contributed by atoms with Gasteiger partial charge in [0.2, 0.25) is 11.8 Å². The highest BCUT2D eigenvalue weighted by Gasteiger charge is 2.23. The second-order valence-electron chi connectivity index (χ2n) is 4.77. The van der Waals surface area contributed by atoms with Crippen molar-refractivity contribution in [3.05, 3.63) is 35.4 Å². The Morgan fingerprint density at radius 3 is 2.45 bits per heavy atom. The van der Waals surface area contributed by atoms with Gasteiger partial charge in [-0.3, -0.25) is 14.4 Å². The molecule has 2 N–H and O–H groups in total. The van der Waals surface area contributed by atoms with Crippen LogP contribution in [0.25, 0.3) is 0 Å². The van der Waals surface area contributed by atoms with E-state index in [0.29, 0.717) is 6.07 Å². The van der Waals surface area contributed by atoms with E-state index in [1.165, 1.54) is 14.0 Å². The van der Waals surface area contributed by atoms with Crippen molar-refractivity contribution in [3.8, 4) is 0 Å². The zero-order chi connectivity index (χ0) is 16.9. The quantitative estimate of drug-likeness (QED) is 0.822. The molecule has 2 amide bonds. The van der Waals surface area contributed by atoms with E-state index in [4.69, 9.17) is 5.11 Å². The van der Waals surface area contributed by atoms with Gasteiger partial charge in [0.25, 0.3) is 0 Å². The number of benzene rings is 1. The molecule has 1 atom stereocenters. The fraction of sp³-hybridized carbons (Fsp3) is 0.357. The number of hydrogen-bond acceptors (Lipinski definition) is 3. The maximum atomic E-state index is 13.8. The zero-order valence-corrected chi connectivity index (χ0v) is 12.1. The average molecular weight is 314 g/mol. The van der Waals surface area contributed by atoms with Gasteiger partial charge >= 0.3 is 5.97 Å². The summed E-state index contributed by atoms with van der Waals surface area (Å²) < 4.78 is 26.7. The van der Waals surface area contributed by atoms with E-state index in [1.807, 2.05) is 0 Å². The predicted octanol–water partition coefficient (Wildman–Crippen LogP) is 1.08. The Morgan fingerprint density at radius 2 is 1.95 bits per heavy atom. The second kappa shape index (κ2) is 7.48. The molecular formula is C14H16F2N2O4.